The normalized spacial score (nSPS) is 23.1. The fourth-order valence-electron chi connectivity index (χ4n) is 3.10. The predicted molar refractivity (Wildman–Crippen MR) is 75.9 cm³/mol. The van der Waals surface area contributed by atoms with Crippen LogP contribution in [0.2, 0.25) is 0 Å². The van der Waals surface area contributed by atoms with Gasteiger partial charge in [0.15, 0.2) is 0 Å². The van der Waals surface area contributed by atoms with Crippen molar-refractivity contribution in [3.8, 4) is 0 Å². The van der Waals surface area contributed by atoms with Crippen molar-refractivity contribution in [3.63, 3.8) is 0 Å². The van der Waals surface area contributed by atoms with E-state index in [4.69, 9.17) is 9.84 Å². The molecule has 1 saturated heterocycles. The van der Waals surface area contributed by atoms with E-state index in [1.807, 2.05) is 0 Å². The van der Waals surface area contributed by atoms with Gasteiger partial charge < -0.3 is 14.7 Å². The summed E-state index contributed by atoms with van der Waals surface area (Å²) in [6, 6.07) is 6.37. The van der Waals surface area contributed by atoms with Crippen LogP contribution in [0.15, 0.2) is 24.3 Å². The monoisotopic (exact) mass is 307 g/mol. The number of hydrogen-bond donors (Lipinski definition) is 1. The van der Waals surface area contributed by atoms with Crippen molar-refractivity contribution in [2.24, 2.45) is 0 Å². The molecular weight excluding hydrogens is 289 g/mol. The summed E-state index contributed by atoms with van der Waals surface area (Å²) in [6.07, 6.45) is 0.643. The number of morpholine rings is 1. The number of rotatable bonds is 4. The molecule has 1 aromatic rings. The van der Waals surface area contributed by atoms with Crippen LogP contribution in [0.1, 0.15) is 24.8 Å². The minimum atomic E-state index is -0.950. The Morgan fingerprint density at radius 3 is 2.73 bits per heavy atom. The van der Waals surface area contributed by atoms with Crippen LogP contribution in [0, 0.1) is 5.82 Å². The lowest BCUT2D eigenvalue weighted by Gasteiger charge is -2.35. The highest BCUT2D eigenvalue weighted by Gasteiger charge is 2.54. The van der Waals surface area contributed by atoms with Crippen LogP contribution in [0.25, 0.3) is 0 Å². The minimum absolute atomic E-state index is 0.115. The number of nitrogens with zero attached hydrogens (tertiary/aromatic N) is 1. The molecular formula is C16H18FNO4. The first kappa shape index (κ1) is 15.0. The Morgan fingerprint density at radius 1 is 1.36 bits per heavy atom. The van der Waals surface area contributed by atoms with E-state index in [2.05, 4.69) is 0 Å². The summed E-state index contributed by atoms with van der Waals surface area (Å²) in [5, 5.41) is 8.84. The fourth-order valence-corrected chi connectivity index (χ4v) is 3.10. The molecule has 2 fully saturated rings. The van der Waals surface area contributed by atoms with E-state index in [1.165, 1.54) is 6.07 Å². The lowest BCUT2D eigenvalue weighted by molar-refractivity contribution is -0.149. The topological polar surface area (TPSA) is 66.8 Å². The Balaban J connectivity index is 1.76. The van der Waals surface area contributed by atoms with Crippen LogP contribution in [-0.4, -0.2) is 47.7 Å². The summed E-state index contributed by atoms with van der Waals surface area (Å²) in [7, 11) is 0. The third-order valence-electron chi connectivity index (χ3n) is 4.38. The van der Waals surface area contributed by atoms with Crippen LogP contribution >= 0.6 is 0 Å². The van der Waals surface area contributed by atoms with Gasteiger partial charge in [0.25, 0.3) is 0 Å². The summed E-state index contributed by atoms with van der Waals surface area (Å²) < 4.78 is 19.4. The van der Waals surface area contributed by atoms with Crippen LogP contribution < -0.4 is 0 Å². The number of carboxylic acid groups (broad SMARTS) is 1. The second kappa shape index (κ2) is 5.68. The molecule has 0 unspecified atom stereocenters. The third kappa shape index (κ3) is 2.70. The van der Waals surface area contributed by atoms with E-state index in [9.17, 15) is 14.0 Å². The molecule has 6 heteroatoms. The van der Waals surface area contributed by atoms with E-state index >= 15 is 0 Å². The van der Waals surface area contributed by atoms with Crippen LogP contribution in [-0.2, 0) is 19.7 Å². The van der Waals surface area contributed by atoms with Crippen molar-refractivity contribution in [2.45, 2.75) is 30.8 Å². The first-order chi connectivity index (χ1) is 10.5. The number of benzene rings is 1. The Kier molecular flexibility index (Phi) is 3.87. The molecule has 1 heterocycles. The van der Waals surface area contributed by atoms with Gasteiger partial charge in [-0.25, -0.2) is 4.39 Å². The van der Waals surface area contributed by atoms with Gasteiger partial charge in [-0.2, -0.15) is 0 Å². The van der Waals surface area contributed by atoms with Gasteiger partial charge in [0, 0.05) is 18.7 Å². The maximum Gasteiger partial charge on any atom is 0.306 e. The molecule has 1 atom stereocenters. The third-order valence-corrected chi connectivity index (χ3v) is 4.38. The summed E-state index contributed by atoms with van der Waals surface area (Å²) >= 11 is 0. The van der Waals surface area contributed by atoms with Crippen molar-refractivity contribution in [3.05, 3.63) is 35.6 Å². The molecule has 1 saturated carbocycles. The highest BCUT2D eigenvalue weighted by atomic mass is 19.1. The molecule has 0 spiro atoms. The fraction of sp³-hybridized carbons (Fsp3) is 0.500. The first-order valence-electron chi connectivity index (χ1n) is 7.41. The maximum absolute atomic E-state index is 14.0. The molecule has 0 aromatic heterocycles. The van der Waals surface area contributed by atoms with Gasteiger partial charge in [0.2, 0.25) is 5.91 Å². The molecule has 0 bridgehead atoms. The highest BCUT2D eigenvalue weighted by Crippen LogP contribution is 2.50. The number of ether oxygens (including phenoxy) is 1. The number of halogens is 1. The first-order valence-corrected chi connectivity index (χ1v) is 7.41. The summed E-state index contributed by atoms with van der Waals surface area (Å²) in [5.41, 5.74) is -0.322. The van der Waals surface area contributed by atoms with E-state index in [1.54, 1.807) is 23.1 Å². The lowest BCUT2D eigenvalue weighted by atomic mass is 9.93. The van der Waals surface area contributed by atoms with Gasteiger partial charge in [-0.15, -0.1) is 0 Å². The van der Waals surface area contributed by atoms with Crippen molar-refractivity contribution < 1.29 is 23.8 Å². The van der Waals surface area contributed by atoms with Crippen molar-refractivity contribution in [1.82, 2.24) is 4.90 Å². The molecule has 118 valence electrons. The second-order valence-electron chi connectivity index (χ2n) is 5.90. The molecule has 1 N–H and O–H groups in total. The number of carboxylic acids is 1. The van der Waals surface area contributed by atoms with Gasteiger partial charge in [-0.05, 0) is 18.9 Å². The lowest BCUT2D eigenvalue weighted by Crippen LogP contribution is -2.49. The van der Waals surface area contributed by atoms with E-state index in [0.29, 0.717) is 31.6 Å². The van der Waals surface area contributed by atoms with Gasteiger partial charge in [-0.1, -0.05) is 18.2 Å². The van der Waals surface area contributed by atoms with Gasteiger partial charge in [0.05, 0.1) is 24.5 Å². The van der Waals surface area contributed by atoms with Crippen LogP contribution in [0.4, 0.5) is 4.39 Å². The number of amides is 1. The Hall–Kier alpha value is -1.95. The number of carbonyl (C=O) groups is 2. The molecule has 1 aliphatic heterocycles. The average molecular weight is 307 g/mol. The maximum atomic E-state index is 14.0. The zero-order valence-corrected chi connectivity index (χ0v) is 12.1. The molecule has 1 aliphatic carbocycles. The van der Waals surface area contributed by atoms with Crippen molar-refractivity contribution in [2.75, 3.05) is 19.7 Å². The van der Waals surface area contributed by atoms with E-state index < -0.39 is 17.5 Å². The second-order valence-corrected chi connectivity index (χ2v) is 5.90. The number of carbonyl (C=O) groups excluding carboxylic acids is 1. The number of hydrogen-bond acceptors (Lipinski definition) is 3. The quantitative estimate of drug-likeness (QED) is 0.916. The SMILES string of the molecule is O=C(O)C[C@@H]1CN(C(=O)C2(c3ccccc3F)CC2)CCO1. The van der Waals surface area contributed by atoms with Crippen molar-refractivity contribution in [1.29, 1.82) is 0 Å². The molecule has 1 amide bonds. The molecule has 5 nitrogen and oxygen atoms in total. The largest absolute Gasteiger partial charge is 0.481 e. The summed E-state index contributed by atoms with van der Waals surface area (Å²) in [6.45, 7) is 0.990. The van der Waals surface area contributed by atoms with E-state index in [-0.39, 0.29) is 24.7 Å². The molecule has 0 radical (unpaired) electrons. The zero-order valence-electron chi connectivity index (χ0n) is 12.1. The summed E-state index contributed by atoms with van der Waals surface area (Å²) in [4.78, 5) is 25.2. The zero-order chi connectivity index (χ0) is 15.7. The summed E-state index contributed by atoms with van der Waals surface area (Å²) in [5.74, 6) is -1.42. The van der Waals surface area contributed by atoms with Gasteiger partial charge >= 0.3 is 5.97 Å². The molecule has 1 aromatic carbocycles. The van der Waals surface area contributed by atoms with Crippen LogP contribution in [0.5, 0.6) is 0 Å². The smallest absolute Gasteiger partial charge is 0.306 e. The van der Waals surface area contributed by atoms with Crippen molar-refractivity contribution >= 4 is 11.9 Å². The highest BCUT2D eigenvalue weighted by molar-refractivity contribution is 5.91. The predicted octanol–water partition coefficient (Wildman–Crippen LogP) is 1.56. The standard InChI is InChI=1S/C16H18FNO4/c17-13-4-2-1-3-12(13)16(5-6-16)15(21)18-7-8-22-11(10-18)9-14(19)20/h1-4,11H,5-10H2,(H,19,20)/t11-/m1/s1. The number of aliphatic carboxylic acids is 1. The van der Waals surface area contributed by atoms with Gasteiger partial charge in [-0.3, -0.25) is 9.59 Å². The Labute approximate surface area is 127 Å². The Morgan fingerprint density at radius 2 is 2.09 bits per heavy atom. The van der Waals surface area contributed by atoms with E-state index in [0.717, 1.165) is 0 Å². The Bertz CT molecular complexity index is 600. The minimum Gasteiger partial charge on any atom is -0.481 e. The van der Waals surface area contributed by atoms with Crippen LogP contribution in [0.3, 0.4) is 0 Å². The molecule has 22 heavy (non-hydrogen) atoms. The molecule has 2 aliphatic rings. The van der Waals surface area contributed by atoms with Gasteiger partial charge in [0.1, 0.15) is 5.82 Å². The molecule has 3 rings (SSSR count). The average Bonchev–Trinajstić information content (AvgIpc) is 3.28.